The minimum absolute atomic E-state index is 0.0524. The molecular weight excluding hydrogens is 575 g/mol. The first kappa shape index (κ1) is 42.0. The average Bonchev–Trinajstić information content (AvgIpc) is 2.69. The first-order chi connectivity index (χ1) is 17.3. The van der Waals surface area contributed by atoms with Gasteiger partial charge in [0.25, 0.3) is 0 Å². The third-order valence-corrected chi connectivity index (χ3v) is 6.21. The number of carbonyl (C=O) groups is 4. The lowest BCUT2D eigenvalue weighted by Crippen LogP contribution is -2.39. The molecule has 17 heteroatoms. The number of ether oxygens (including phenoxy) is 2. The molecule has 0 saturated carbocycles. The van der Waals surface area contributed by atoms with E-state index in [1.165, 1.54) is 0 Å². The van der Waals surface area contributed by atoms with Crippen molar-refractivity contribution in [3.8, 4) is 0 Å². The molecule has 0 aliphatic heterocycles. The number of nitrogens with two attached hydrogens (primary N) is 1. The van der Waals surface area contributed by atoms with E-state index < -0.39 is 36.0 Å². The number of esters is 2. The number of hydrogen-bond acceptors (Lipinski definition) is 11. The molecule has 0 rings (SSSR count). The molecule has 0 heterocycles. The number of nitrogens with zero attached hydrogens (tertiary/aromatic N) is 2. The first-order valence-corrected chi connectivity index (χ1v) is 15.9. The topological polar surface area (TPSA) is 216 Å². The summed E-state index contributed by atoms with van der Waals surface area (Å²) in [6.45, 7) is 10.6. The van der Waals surface area contributed by atoms with Crippen molar-refractivity contribution in [2.24, 2.45) is 5.50 Å². The second kappa shape index (κ2) is 19.6. The summed E-state index contributed by atoms with van der Waals surface area (Å²) in [5.74, 6) is -0.986. The van der Waals surface area contributed by atoms with Gasteiger partial charge in [-0.15, -0.1) is 0 Å². The zero-order chi connectivity index (χ0) is 31.8. The third-order valence-electron chi connectivity index (χ3n) is 3.56. The Bertz CT molecular complexity index is 824. The molecule has 0 amide bonds. The molecule has 14 nitrogen and oxygen atoms in total. The zero-order valence-corrected chi connectivity index (χ0v) is 26.7. The maximum atomic E-state index is 11.6. The van der Waals surface area contributed by atoms with Gasteiger partial charge in [0.15, 0.2) is 0 Å². The normalized spacial score (nSPS) is 12.8. The summed E-state index contributed by atoms with van der Waals surface area (Å²) in [7, 11) is 3.19. The SMILES string of the molecule is C=C(C)C(=O)OCCP(O)C(=O)C[N+](C)(C)C.C=C(C)C(=O)OCCP(O)C(=O)C[N+](C)(C)C.NP(=O)([O-])[O-]. The molecule has 39 heavy (non-hydrogen) atoms. The van der Waals surface area contributed by atoms with E-state index in [1.807, 2.05) is 42.3 Å². The Morgan fingerprint density at radius 3 is 1.18 bits per heavy atom. The Kier molecular flexibility index (Phi) is 21.1. The molecule has 0 radical (unpaired) electrons. The summed E-state index contributed by atoms with van der Waals surface area (Å²) < 4.78 is 19.5. The number of hydrogen-bond donors (Lipinski definition) is 3. The van der Waals surface area contributed by atoms with Crippen LogP contribution in [-0.2, 0) is 33.2 Å². The monoisotopic (exact) mass is 619 g/mol. The van der Waals surface area contributed by atoms with E-state index >= 15 is 0 Å². The standard InChI is InChI=1S/2C11H21NO4P.H4NO3P/c2*1-9(2)11(14)16-6-7-17(15)10(13)8-12(3,4)5;1-5(2,3)4/h2*15H,1,6-8H2,2-5H3;(H4,1,2,3,4)/q2*+1;/p-2. The number of likely N-dealkylation sites (N-methyl/N-ethyl adjacent to an activating group) is 2. The lowest BCUT2D eigenvalue weighted by Gasteiger charge is -2.23. The molecule has 4 N–H and O–H groups in total. The van der Waals surface area contributed by atoms with E-state index in [0.29, 0.717) is 20.1 Å². The van der Waals surface area contributed by atoms with Crippen molar-refractivity contribution < 1.29 is 61.8 Å². The van der Waals surface area contributed by atoms with Crippen molar-refractivity contribution >= 4 is 47.0 Å². The molecule has 0 bridgehead atoms. The van der Waals surface area contributed by atoms with Gasteiger partial charge in [-0.3, -0.25) is 9.59 Å². The van der Waals surface area contributed by atoms with E-state index in [1.54, 1.807) is 13.8 Å². The molecule has 2 atom stereocenters. The van der Waals surface area contributed by atoms with Crippen LogP contribution in [0.1, 0.15) is 13.8 Å². The van der Waals surface area contributed by atoms with Gasteiger partial charge in [0.05, 0.1) is 55.5 Å². The van der Waals surface area contributed by atoms with E-state index in [4.69, 9.17) is 23.8 Å². The molecule has 0 fully saturated rings. The zero-order valence-electron chi connectivity index (χ0n) is 24.0. The largest absolute Gasteiger partial charge is 0.799 e. The molecule has 0 saturated heterocycles. The van der Waals surface area contributed by atoms with Crippen LogP contribution in [0.25, 0.3) is 0 Å². The van der Waals surface area contributed by atoms with Crippen LogP contribution in [0.2, 0.25) is 0 Å². The van der Waals surface area contributed by atoms with Crippen molar-refractivity contribution in [3.05, 3.63) is 24.3 Å². The van der Waals surface area contributed by atoms with Crippen molar-refractivity contribution in [1.82, 2.24) is 0 Å². The summed E-state index contributed by atoms with van der Waals surface area (Å²) in [5.41, 5.74) is 4.06. The van der Waals surface area contributed by atoms with Crippen molar-refractivity contribution in [1.29, 1.82) is 0 Å². The number of carbonyl (C=O) groups excluding carboxylic acids is 4. The van der Waals surface area contributed by atoms with Gasteiger partial charge in [0.1, 0.15) is 29.4 Å². The Morgan fingerprint density at radius 1 is 0.769 bits per heavy atom. The Hall–Kier alpha value is -1.43. The quantitative estimate of drug-likeness (QED) is 0.0945. The third kappa shape index (κ3) is 32.7. The van der Waals surface area contributed by atoms with E-state index in [9.17, 15) is 29.0 Å². The van der Waals surface area contributed by atoms with Gasteiger partial charge in [0.2, 0.25) is 11.0 Å². The second-order valence-electron chi connectivity index (χ2n) is 10.3. The highest BCUT2D eigenvalue weighted by molar-refractivity contribution is 7.70. The lowest BCUT2D eigenvalue weighted by molar-refractivity contribution is -0.861. The van der Waals surface area contributed by atoms with Gasteiger partial charge < -0.3 is 48.1 Å². The van der Waals surface area contributed by atoms with Crippen molar-refractivity contribution in [2.75, 3.05) is 80.9 Å². The van der Waals surface area contributed by atoms with E-state index in [-0.39, 0.29) is 49.7 Å². The highest BCUT2D eigenvalue weighted by Crippen LogP contribution is 2.31. The van der Waals surface area contributed by atoms with Gasteiger partial charge in [-0.1, -0.05) is 13.2 Å². The Morgan fingerprint density at radius 2 is 1.00 bits per heavy atom. The first-order valence-electron chi connectivity index (χ1n) is 11.3. The van der Waals surface area contributed by atoms with Gasteiger partial charge in [-0.2, -0.15) is 0 Å². The Labute approximate surface area is 233 Å². The maximum absolute atomic E-state index is 11.6. The fourth-order valence-electron chi connectivity index (χ4n) is 1.92. The van der Waals surface area contributed by atoms with Crippen LogP contribution in [0.5, 0.6) is 0 Å². The highest BCUT2D eigenvalue weighted by Gasteiger charge is 2.23. The molecule has 0 aromatic rings. The van der Waals surface area contributed by atoms with Gasteiger partial charge in [-0.05, 0) is 21.6 Å². The van der Waals surface area contributed by atoms with Crippen LogP contribution in [0.15, 0.2) is 24.3 Å². The molecule has 0 aromatic carbocycles. The summed E-state index contributed by atoms with van der Waals surface area (Å²) >= 11 is 0. The molecule has 228 valence electrons. The van der Waals surface area contributed by atoms with E-state index in [2.05, 4.69) is 18.7 Å². The van der Waals surface area contributed by atoms with Crippen LogP contribution in [0, 0.1) is 0 Å². The minimum Gasteiger partial charge on any atom is -0.799 e. The Balaban J connectivity index is -0.000000566. The minimum atomic E-state index is -4.64. The van der Waals surface area contributed by atoms with E-state index in [0.717, 1.165) is 0 Å². The summed E-state index contributed by atoms with van der Waals surface area (Å²) in [6.07, 6.45) is 0.375. The van der Waals surface area contributed by atoms with Crippen LogP contribution in [-0.4, -0.2) is 123 Å². The maximum Gasteiger partial charge on any atom is 0.333 e. The predicted molar refractivity (Wildman–Crippen MR) is 147 cm³/mol. The molecule has 0 spiro atoms. The summed E-state index contributed by atoms with van der Waals surface area (Å²) in [6, 6.07) is 0. The summed E-state index contributed by atoms with van der Waals surface area (Å²) in [5, 5.41) is 0. The van der Waals surface area contributed by atoms with Crippen LogP contribution in [0.3, 0.4) is 0 Å². The predicted octanol–water partition coefficient (Wildman–Crippen LogP) is -0.771. The fourth-order valence-corrected chi connectivity index (χ4v) is 4.12. The number of quaternary nitrogens is 2. The fraction of sp³-hybridized carbons (Fsp3) is 0.636. The van der Waals surface area contributed by atoms with Gasteiger partial charge in [-0.25, -0.2) is 9.59 Å². The molecular formula is C22H44N3O11P3. The van der Waals surface area contributed by atoms with Crippen molar-refractivity contribution in [2.45, 2.75) is 13.8 Å². The lowest BCUT2D eigenvalue weighted by atomic mass is 10.4. The van der Waals surface area contributed by atoms with Crippen molar-refractivity contribution in [3.63, 3.8) is 0 Å². The van der Waals surface area contributed by atoms with Gasteiger partial charge in [0, 0.05) is 23.5 Å². The molecule has 2 unspecified atom stereocenters. The highest BCUT2D eigenvalue weighted by atomic mass is 31.2. The molecule has 0 aliphatic rings. The van der Waals surface area contributed by atoms with Gasteiger partial charge >= 0.3 is 11.9 Å². The van der Waals surface area contributed by atoms with Crippen LogP contribution in [0.4, 0.5) is 0 Å². The van der Waals surface area contributed by atoms with Crippen LogP contribution < -0.4 is 15.3 Å². The van der Waals surface area contributed by atoms with Crippen LogP contribution >= 0.6 is 24.0 Å². The summed E-state index contributed by atoms with van der Waals surface area (Å²) in [4.78, 5) is 82.2. The number of rotatable bonds is 14. The average molecular weight is 620 g/mol. The smallest absolute Gasteiger partial charge is 0.333 e. The second-order valence-corrected chi connectivity index (χ2v) is 14.9. The molecule has 0 aliphatic carbocycles. The molecule has 0 aromatic heterocycles.